The first-order valence-corrected chi connectivity index (χ1v) is 4.81. The fraction of sp³-hybridized carbons (Fsp3) is 0.800. The van der Waals surface area contributed by atoms with E-state index >= 15 is 0 Å². The van der Waals surface area contributed by atoms with E-state index in [9.17, 15) is 14.7 Å². The molecule has 0 aromatic carbocycles. The van der Waals surface area contributed by atoms with Gasteiger partial charge in [-0.2, -0.15) is 0 Å². The van der Waals surface area contributed by atoms with E-state index in [2.05, 4.69) is 5.32 Å². The van der Waals surface area contributed by atoms with Gasteiger partial charge in [0.05, 0.1) is 6.10 Å². The molecule has 0 aliphatic carbocycles. The molecule has 2 atom stereocenters. The zero-order valence-electron chi connectivity index (χ0n) is 9.83. The predicted molar refractivity (Wildman–Crippen MR) is 55.5 cm³/mol. The fourth-order valence-electron chi connectivity index (χ4n) is 0.996. The van der Waals surface area contributed by atoms with Gasteiger partial charge in [0, 0.05) is 0 Å². The van der Waals surface area contributed by atoms with E-state index in [4.69, 9.17) is 4.74 Å². The summed E-state index contributed by atoms with van der Waals surface area (Å²) in [5.74, 6) is -0.309. The largest absolute Gasteiger partial charge is 0.444 e. The molecular formula is C10H19NO4. The number of hydrogen-bond acceptors (Lipinski definition) is 4. The summed E-state index contributed by atoms with van der Waals surface area (Å²) >= 11 is 0. The second-order valence-corrected chi connectivity index (χ2v) is 4.48. The maximum Gasteiger partial charge on any atom is 0.408 e. The van der Waals surface area contributed by atoms with Crippen LogP contribution in [0.2, 0.25) is 0 Å². The van der Waals surface area contributed by atoms with Crippen molar-refractivity contribution in [2.75, 3.05) is 0 Å². The molecule has 15 heavy (non-hydrogen) atoms. The normalized spacial score (nSPS) is 15.3. The Morgan fingerprint density at radius 1 is 1.33 bits per heavy atom. The number of carbonyl (C=O) groups excluding carboxylic acids is 2. The van der Waals surface area contributed by atoms with Gasteiger partial charge in [-0.3, -0.25) is 4.79 Å². The molecule has 5 nitrogen and oxygen atoms in total. The second-order valence-electron chi connectivity index (χ2n) is 4.48. The van der Waals surface area contributed by atoms with Crippen molar-refractivity contribution in [1.82, 2.24) is 5.32 Å². The predicted octanol–water partition coefficient (Wildman–Crippen LogP) is 0.849. The number of aliphatic hydroxyl groups is 1. The maximum absolute atomic E-state index is 11.3. The van der Waals surface area contributed by atoms with Crippen molar-refractivity contribution in [3.05, 3.63) is 0 Å². The molecule has 0 heterocycles. The van der Waals surface area contributed by atoms with Crippen LogP contribution < -0.4 is 5.32 Å². The Kier molecular flexibility index (Phi) is 4.74. The van der Waals surface area contributed by atoms with E-state index in [0.717, 1.165) is 0 Å². The number of hydrogen-bond donors (Lipinski definition) is 2. The van der Waals surface area contributed by atoms with Crippen molar-refractivity contribution in [3.63, 3.8) is 0 Å². The van der Waals surface area contributed by atoms with Gasteiger partial charge >= 0.3 is 6.09 Å². The molecule has 5 heteroatoms. The molecule has 0 bridgehead atoms. The highest BCUT2D eigenvalue weighted by molar-refractivity contribution is 5.86. The summed E-state index contributed by atoms with van der Waals surface area (Å²) in [6.45, 7) is 7.89. The number of rotatable bonds is 3. The topological polar surface area (TPSA) is 75.6 Å². The number of amides is 1. The highest BCUT2D eigenvalue weighted by Crippen LogP contribution is 2.07. The van der Waals surface area contributed by atoms with Crippen LogP contribution in [0.3, 0.4) is 0 Å². The molecule has 1 amide bonds. The van der Waals surface area contributed by atoms with Gasteiger partial charge in [-0.05, 0) is 34.6 Å². The molecule has 0 aromatic rings. The van der Waals surface area contributed by atoms with Gasteiger partial charge in [0.2, 0.25) is 0 Å². The molecule has 2 N–H and O–H groups in total. The van der Waals surface area contributed by atoms with E-state index in [-0.39, 0.29) is 5.78 Å². The molecule has 0 rings (SSSR count). The molecule has 0 aromatic heterocycles. The Bertz CT molecular complexity index is 242. The third-order valence-corrected chi connectivity index (χ3v) is 1.59. The highest BCUT2D eigenvalue weighted by Gasteiger charge is 2.25. The van der Waals surface area contributed by atoms with Crippen LogP contribution in [0.25, 0.3) is 0 Å². The van der Waals surface area contributed by atoms with E-state index in [1.807, 2.05) is 0 Å². The second kappa shape index (κ2) is 5.11. The van der Waals surface area contributed by atoms with Crippen molar-refractivity contribution in [3.8, 4) is 0 Å². The summed E-state index contributed by atoms with van der Waals surface area (Å²) in [4.78, 5) is 22.3. The minimum Gasteiger partial charge on any atom is -0.444 e. The van der Waals surface area contributed by atoms with Crippen LogP contribution in [0.5, 0.6) is 0 Å². The summed E-state index contributed by atoms with van der Waals surface area (Å²) < 4.78 is 4.96. The number of ether oxygens (including phenoxy) is 1. The van der Waals surface area contributed by atoms with Gasteiger partial charge in [0.25, 0.3) is 0 Å². The monoisotopic (exact) mass is 217 g/mol. The highest BCUT2D eigenvalue weighted by atomic mass is 16.6. The van der Waals surface area contributed by atoms with E-state index < -0.39 is 23.8 Å². The summed E-state index contributed by atoms with van der Waals surface area (Å²) in [5.41, 5.74) is -0.621. The SMILES string of the molecule is CC(=O)[C@@H](NC(=O)OC(C)(C)C)[C@@H](C)O. The van der Waals surface area contributed by atoms with E-state index in [0.29, 0.717) is 0 Å². The molecule has 0 saturated carbocycles. The third kappa shape index (κ3) is 6.06. The zero-order chi connectivity index (χ0) is 12.2. The average molecular weight is 217 g/mol. The van der Waals surface area contributed by atoms with E-state index in [1.165, 1.54) is 13.8 Å². The molecule has 0 saturated heterocycles. The molecule has 0 radical (unpaired) electrons. The molecular weight excluding hydrogens is 198 g/mol. The van der Waals surface area contributed by atoms with Crippen molar-refractivity contribution in [2.45, 2.75) is 52.4 Å². The number of alkyl carbamates (subject to hydrolysis) is 1. The lowest BCUT2D eigenvalue weighted by Gasteiger charge is -2.23. The number of Topliss-reactive ketones (excluding diaryl/α,β-unsaturated/α-hetero) is 1. The van der Waals surface area contributed by atoms with Crippen LogP contribution in [-0.2, 0) is 9.53 Å². The summed E-state index contributed by atoms with van der Waals surface area (Å²) in [6, 6.07) is -0.917. The van der Waals surface area contributed by atoms with Crippen LogP contribution in [0.1, 0.15) is 34.6 Å². The summed E-state index contributed by atoms with van der Waals surface area (Å²) in [6.07, 6.45) is -1.64. The molecule has 0 spiro atoms. The van der Waals surface area contributed by atoms with Crippen molar-refractivity contribution < 1.29 is 19.4 Å². The lowest BCUT2D eigenvalue weighted by atomic mass is 10.1. The number of aliphatic hydroxyl groups excluding tert-OH is 1. The molecule has 88 valence electrons. The first kappa shape index (κ1) is 13.9. The number of carbonyl (C=O) groups is 2. The lowest BCUT2D eigenvalue weighted by Crippen LogP contribution is -2.48. The third-order valence-electron chi connectivity index (χ3n) is 1.59. The van der Waals surface area contributed by atoms with Gasteiger partial charge < -0.3 is 15.2 Å². The van der Waals surface area contributed by atoms with Gasteiger partial charge in [-0.25, -0.2) is 4.79 Å². The minimum absolute atomic E-state index is 0.309. The smallest absolute Gasteiger partial charge is 0.408 e. The Morgan fingerprint density at radius 3 is 2.07 bits per heavy atom. The zero-order valence-corrected chi connectivity index (χ0v) is 9.83. The summed E-state index contributed by atoms with van der Waals surface area (Å²) in [5, 5.41) is 11.6. The van der Waals surface area contributed by atoms with Gasteiger partial charge in [0.1, 0.15) is 11.6 Å². The van der Waals surface area contributed by atoms with Crippen LogP contribution >= 0.6 is 0 Å². The number of nitrogens with one attached hydrogen (secondary N) is 1. The van der Waals surface area contributed by atoms with Crippen molar-refractivity contribution in [1.29, 1.82) is 0 Å². The standard InChI is InChI=1S/C10H19NO4/c1-6(12)8(7(2)13)11-9(14)15-10(3,4)5/h6,8,12H,1-5H3,(H,11,14)/t6-,8+/m1/s1. The van der Waals surface area contributed by atoms with Crippen LogP contribution in [0.4, 0.5) is 4.79 Å². The fourth-order valence-corrected chi connectivity index (χ4v) is 0.996. The first-order chi connectivity index (χ1) is 6.63. The first-order valence-electron chi connectivity index (χ1n) is 4.81. The van der Waals surface area contributed by atoms with Gasteiger partial charge in [-0.1, -0.05) is 0 Å². The van der Waals surface area contributed by atoms with Crippen LogP contribution in [0.15, 0.2) is 0 Å². The van der Waals surface area contributed by atoms with Crippen LogP contribution in [0, 0.1) is 0 Å². The summed E-state index contributed by atoms with van der Waals surface area (Å²) in [7, 11) is 0. The maximum atomic E-state index is 11.3. The molecule has 0 fully saturated rings. The Hall–Kier alpha value is -1.10. The van der Waals surface area contributed by atoms with Gasteiger partial charge in [0.15, 0.2) is 5.78 Å². The molecule has 0 unspecified atom stereocenters. The number of ketones is 1. The molecule has 0 aliphatic rings. The van der Waals surface area contributed by atoms with Crippen molar-refractivity contribution in [2.24, 2.45) is 0 Å². The molecule has 0 aliphatic heterocycles. The van der Waals surface area contributed by atoms with Crippen LogP contribution in [-0.4, -0.2) is 34.7 Å². The van der Waals surface area contributed by atoms with E-state index in [1.54, 1.807) is 20.8 Å². The lowest BCUT2D eigenvalue weighted by molar-refractivity contribution is -0.121. The van der Waals surface area contributed by atoms with Crippen molar-refractivity contribution >= 4 is 11.9 Å². The van der Waals surface area contributed by atoms with Gasteiger partial charge in [-0.15, -0.1) is 0 Å². The average Bonchev–Trinajstić information content (AvgIpc) is 1.95. The Labute approximate surface area is 89.8 Å². The Morgan fingerprint density at radius 2 is 1.80 bits per heavy atom. The quantitative estimate of drug-likeness (QED) is 0.734. The Balaban J connectivity index is 4.31. The minimum atomic E-state index is -0.935.